The quantitative estimate of drug-likeness (QED) is 0.630. The molecule has 0 saturated heterocycles. The first-order valence-electron chi connectivity index (χ1n) is 10.5. The fourth-order valence-electron chi connectivity index (χ4n) is 3.45. The average Bonchev–Trinajstić information content (AvgIpc) is 2.97. The number of nitrogens with one attached hydrogen (secondary N) is 1. The number of carbonyl (C=O) groups excluding carboxylic acids is 3. The second-order valence-corrected chi connectivity index (χ2v) is 10.1. The van der Waals surface area contributed by atoms with Gasteiger partial charge in [0.15, 0.2) is 0 Å². The molecule has 33 heavy (non-hydrogen) atoms. The number of benzene rings is 2. The summed E-state index contributed by atoms with van der Waals surface area (Å²) in [5.74, 6) is -2.48. The molecule has 1 aliphatic heterocycles. The molecule has 1 heterocycles. The molecule has 1 N–H and O–H groups in total. The summed E-state index contributed by atoms with van der Waals surface area (Å²) < 4.78 is 40.5. The molecule has 1 atom stereocenters. The molecule has 1 unspecified atom stereocenters. The Morgan fingerprint density at radius 3 is 2.33 bits per heavy atom. The van der Waals surface area contributed by atoms with Gasteiger partial charge < -0.3 is 10.2 Å². The average molecular weight is 476 g/mol. The van der Waals surface area contributed by atoms with Crippen molar-refractivity contribution in [1.82, 2.24) is 14.5 Å². The van der Waals surface area contributed by atoms with Crippen molar-refractivity contribution in [2.24, 2.45) is 5.92 Å². The summed E-state index contributed by atoms with van der Waals surface area (Å²) in [6.07, 6.45) is 0. The maximum absolute atomic E-state index is 14.3. The molecular formula is C23H26FN3O5S. The van der Waals surface area contributed by atoms with E-state index in [1.165, 1.54) is 49.4 Å². The third-order valence-corrected chi connectivity index (χ3v) is 7.13. The lowest BCUT2D eigenvalue weighted by Crippen LogP contribution is -2.51. The van der Waals surface area contributed by atoms with Gasteiger partial charge in [-0.2, -0.15) is 0 Å². The Labute approximate surface area is 192 Å². The highest BCUT2D eigenvalue weighted by Crippen LogP contribution is 2.30. The van der Waals surface area contributed by atoms with E-state index < -0.39 is 46.1 Å². The minimum Gasteiger partial charge on any atom is -0.354 e. The summed E-state index contributed by atoms with van der Waals surface area (Å²) in [4.78, 5) is 39.5. The highest BCUT2D eigenvalue weighted by molar-refractivity contribution is 7.90. The highest BCUT2D eigenvalue weighted by Gasteiger charge is 2.43. The number of hydrogen-bond acceptors (Lipinski definition) is 5. The lowest BCUT2D eigenvalue weighted by molar-refractivity contribution is -0.140. The van der Waals surface area contributed by atoms with E-state index in [1.54, 1.807) is 6.07 Å². The van der Waals surface area contributed by atoms with Gasteiger partial charge in [-0.05, 0) is 31.0 Å². The van der Waals surface area contributed by atoms with Crippen molar-refractivity contribution in [2.45, 2.75) is 38.3 Å². The van der Waals surface area contributed by atoms with E-state index in [1.807, 2.05) is 13.8 Å². The first-order chi connectivity index (χ1) is 15.5. The summed E-state index contributed by atoms with van der Waals surface area (Å²) in [5.41, 5.74) is 0.141. The largest absolute Gasteiger partial charge is 0.354 e. The van der Waals surface area contributed by atoms with E-state index in [0.717, 1.165) is 4.90 Å². The Hall–Kier alpha value is -3.27. The lowest BCUT2D eigenvalue weighted by atomic mass is 10.1. The maximum Gasteiger partial charge on any atom is 0.269 e. The van der Waals surface area contributed by atoms with Crippen LogP contribution in [0.2, 0.25) is 0 Å². The minimum atomic E-state index is -4.21. The number of amides is 3. The number of carbonyl (C=O) groups is 3. The molecule has 0 fully saturated rings. The third-order valence-electron chi connectivity index (χ3n) is 5.34. The van der Waals surface area contributed by atoms with Crippen molar-refractivity contribution < 1.29 is 27.2 Å². The van der Waals surface area contributed by atoms with Gasteiger partial charge in [-0.15, -0.1) is 0 Å². The fourth-order valence-corrected chi connectivity index (χ4v) is 4.96. The Bertz CT molecular complexity index is 1180. The number of fused-ring (bicyclic) bond motifs is 1. The SMILES string of the molecule is CC(C)CNC(=O)C(C)N(Cc1ccccc1F)C(=O)CN1C(=O)c2ccccc2S1(=O)=O. The van der Waals surface area contributed by atoms with E-state index in [9.17, 15) is 27.2 Å². The predicted octanol–water partition coefficient (Wildman–Crippen LogP) is 2.16. The van der Waals surface area contributed by atoms with Gasteiger partial charge in [-0.1, -0.05) is 44.2 Å². The molecule has 2 aromatic rings. The van der Waals surface area contributed by atoms with Gasteiger partial charge in [0.1, 0.15) is 23.3 Å². The number of rotatable bonds is 8. The summed E-state index contributed by atoms with van der Waals surface area (Å²) in [5, 5.41) is 2.73. The molecular weight excluding hydrogens is 449 g/mol. The number of halogens is 1. The molecule has 0 saturated carbocycles. The van der Waals surface area contributed by atoms with Crippen LogP contribution in [0, 0.1) is 11.7 Å². The molecule has 0 spiro atoms. The van der Waals surface area contributed by atoms with Crippen LogP contribution in [0.5, 0.6) is 0 Å². The molecule has 0 aliphatic carbocycles. The fraction of sp³-hybridized carbons (Fsp3) is 0.348. The van der Waals surface area contributed by atoms with Crippen molar-refractivity contribution in [1.29, 1.82) is 0 Å². The van der Waals surface area contributed by atoms with Crippen LogP contribution in [0.15, 0.2) is 53.4 Å². The third kappa shape index (κ3) is 5.05. The van der Waals surface area contributed by atoms with Crippen LogP contribution in [0.1, 0.15) is 36.7 Å². The molecule has 8 nitrogen and oxygen atoms in total. The molecule has 10 heteroatoms. The van der Waals surface area contributed by atoms with Gasteiger partial charge in [0.25, 0.3) is 15.9 Å². The molecule has 3 rings (SSSR count). The molecule has 0 bridgehead atoms. The Kier molecular flexibility index (Phi) is 7.16. The van der Waals surface area contributed by atoms with Gasteiger partial charge >= 0.3 is 0 Å². The van der Waals surface area contributed by atoms with E-state index in [-0.39, 0.29) is 28.5 Å². The van der Waals surface area contributed by atoms with Crippen LogP contribution in [0.4, 0.5) is 4.39 Å². The highest BCUT2D eigenvalue weighted by atomic mass is 32.2. The Balaban J connectivity index is 1.88. The zero-order valence-electron chi connectivity index (χ0n) is 18.6. The van der Waals surface area contributed by atoms with Gasteiger partial charge in [0, 0.05) is 18.7 Å². The summed E-state index contributed by atoms with van der Waals surface area (Å²) in [6.45, 7) is 4.61. The van der Waals surface area contributed by atoms with Crippen molar-refractivity contribution in [3.63, 3.8) is 0 Å². The number of nitrogens with zero attached hydrogens (tertiary/aromatic N) is 2. The van der Waals surface area contributed by atoms with Crippen LogP contribution in [-0.2, 0) is 26.2 Å². The molecule has 176 valence electrons. The van der Waals surface area contributed by atoms with Crippen LogP contribution in [-0.4, -0.2) is 54.5 Å². The van der Waals surface area contributed by atoms with Crippen LogP contribution in [0.3, 0.4) is 0 Å². The molecule has 3 amide bonds. The van der Waals surface area contributed by atoms with Crippen molar-refractivity contribution in [3.8, 4) is 0 Å². The first kappa shape index (κ1) is 24.4. The van der Waals surface area contributed by atoms with E-state index in [2.05, 4.69) is 5.32 Å². The predicted molar refractivity (Wildman–Crippen MR) is 119 cm³/mol. The zero-order valence-corrected chi connectivity index (χ0v) is 19.4. The monoisotopic (exact) mass is 475 g/mol. The Morgan fingerprint density at radius 1 is 1.06 bits per heavy atom. The zero-order chi connectivity index (χ0) is 24.3. The van der Waals surface area contributed by atoms with Crippen LogP contribution < -0.4 is 5.32 Å². The van der Waals surface area contributed by atoms with Crippen molar-refractivity contribution in [2.75, 3.05) is 13.1 Å². The summed E-state index contributed by atoms with van der Waals surface area (Å²) in [6, 6.07) is 10.5. The van der Waals surface area contributed by atoms with Crippen molar-refractivity contribution in [3.05, 3.63) is 65.5 Å². The van der Waals surface area contributed by atoms with Crippen LogP contribution >= 0.6 is 0 Å². The second-order valence-electron chi connectivity index (χ2n) is 8.24. The summed E-state index contributed by atoms with van der Waals surface area (Å²) >= 11 is 0. The first-order valence-corrected chi connectivity index (χ1v) is 11.9. The van der Waals surface area contributed by atoms with E-state index >= 15 is 0 Å². The van der Waals surface area contributed by atoms with Crippen molar-refractivity contribution >= 4 is 27.7 Å². The smallest absolute Gasteiger partial charge is 0.269 e. The molecule has 0 aromatic heterocycles. The Morgan fingerprint density at radius 2 is 1.70 bits per heavy atom. The van der Waals surface area contributed by atoms with Crippen LogP contribution in [0.25, 0.3) is 0 Å². The topological polar surface area (TPSA) is 104 Å². The molecule has 0 radical (unpaired) electrons. The number of sulfonamides is 1. The summed E-state index contributed by atoms with van der Waals surface area (Å²) in [7, 11) is -4.21. The normalized spacial score (nSPS) is 15.3. The van der Waals surface area contributed by atoms with E-state index in [4.69, 9.17) is 0 Å². The second kappa shape index (κ2) is 9.70. The maximum atomic E-state index is 14.3. The van der Waals surface area contributed by atoms with Gasteiger partial charge in [-0.3, -0.25) is 14.4 Å². The number of hydrogen-bond donors (Lipinski definition) is 1. The minimum absolute atomic E-state index is 0.0197. The van der Waals surface area contributed by atoms with Gasteiger partial charge in [-0.25, -0.2) is 17.1 Å². The van der Waals surface area contributed by atoms with Gasteiger partial charge in [0.2, 0.25) is 11.8 Å². The lowest BCUT2D eigenvalue weighted by Gasteiger charge is -2.30. The van der Waals surface area contributed by atoms with Gasteiger partial charge in [0.05, 0.1) is 5.56 Å². The standard InChI is InChI=1S/C23H26FN3O5S/c1-15(2)12-25-22(29)16(3)26(13-17-8-4-6-10-19(17)24)21(28)14-27-23(30)18-9-5-7-11-20(18)33(27,31)32/h4-11,15-16H,12-14H2,1-3H3,(H,25,29). The molecule has 1 aliphatic rings. The van der Waals surface area contributed by atoms with E-state index in [0.29, 0.717) is 10.8 Å². The molecule has 2 aromatic carbocycles.